The van der Waals surface area contributed by atoms with Crippen molar-refractivity contribution in [3.8, 4) is 17.1 Å². The van der Waals surface area contributed by atoms with Gasteiger partial charge in [0.25, 0.3) is 5.69 Å². The Labute approximate surface area is 148 Å². The average Bonchev–Trinajstić information content (AvgIpc) is 3.08. The van der Waals surface area contributed by atoms with Crippen LogP contribution in [0.15, 0.2) is 64.0 Å². The Kier molecular flexibility index (Phi) is 4.81. The van der Waals surface area contributed by atoms with E-state index < -0.39 is 4.92 Å². The van der Waals surface area contributed by atoms with Crippen molar-refractivity contribution in [2.24, 2.45) is 4.99 Å². The highest BCUT2D eigenvalue weighted by Gasteiger charge is 2.13. The summed E-state index contributed by atoms with van der Waals surface area (Å²) in [5.41, 5.74) is 1.18. The number of benzene rings is 2. The van der Waals surface area contributed by atoms with E-state index in [1.807, 2.05) is 24.3 Å². The quantitative estimate of drug-likeness (QED) is 0.354. The second-order valence-corrected chi connectivity index (χ2v) is 5.46. The number of furan rings is 1. The molecule has 7 heteroatoms. The van der Waals surface area contributed by atoms with Gasteiger partial charge in [0.1, 0.15) is 23.0 Å². The Hall–Kier alpha value is -3.12. The Morgan fingerprint density at radius 2 is 2.00 bits per heavy atom. The molecule has 0 aliphatic rings. The molecule has 0 bridgehead atoms. The largest absolute Gasteiger partial charge is 0.494 e. The summed E-state index contributed by atoms with van der Waals surface area (Å²) >= 11 is 6.12. The third-order valence-electron chi connectivity index (χ3n) is 3.47. The van der Waals surface area contributed by atoms with Gasteiger partial charge in [-0.25, -0.2) is 4.99 Å². The van der Waals surface area contributed by atoms with Gasteiger partial charge in [0.2, 0.25) is 0 Å². The third-order valence-corrected chi connectivity index (χ3v) is 3.78. The molecule has 126 valence electrons. The van der Waals surface area contributed by atoms with E-state index in [1.165, 1.54) is 12.1 Å². The van der Waals surface area contributed by atoms with Gasteiger partial charge in [0.05, 0.1) is 23.3 Å². The van der Waals surface area contributed by atoms with Crippen LogP contribution in [-0.2, 0) is 0 Å². The monoisotopic (exact) mass is 356 g/mol. The second-order valence-electron chi connectivity index (χ2n) is 5.05. The normalized spacial score (nSPS) is 11.0. The molecule has 6 nitrogen and oxygen atoms in total. The van der Waals surface area contributed by atoms with Crippen LogP contribution in [0.2, 0.25) is 5.02 Å². The van der Waals surface area contributed by atoms with Gasteiger partial charge in [-0.1, -0.05) is 23.7 Å². The molecule has 0 spiro atoms. The first kappa shape index (κ1) is 16.7. The zero-order valence-corrected chi connectivity index (χ0v) is 13.9. The van der Waals surface area contributed by atoms with Crippen LogP contribution in [-0.4, -0.2) is 18.2 Å². The predicted molar refractivity (Wildman–Crippen MR) is 96.1 cm³/mol. The van der Waals surface area contributed by atoms with E-state index in [0.29, 0.717) is 28.5 Å². The first-order valence-corrected chi connectivity index (χ1v) is 7.67. The fraction of sp³-hybridized carbons (Fsp3) is 0.0556. The number of methoxy groups -OCH3 is 1. The van der Waals surface area contributed by atoms with Crippen LogP contribution in [0.3, 0.4) is 0 Å². The molecule has 0 radical (unpaired) electrons. The molecule has 1 heterocycles. The number of ether oxygens (including phenoxy) is 1. The summed E-state index contributed by atoms with van der Waals surface area (Å²) in [4.78, 5) is 14.6. The van der Waals surface area contributed by atoms with Gasteiger partial charge in [0, 0.05) is 17.7 Å². The van der Waals surface area contributed by atoms with Crippen molar-refractivity contribution in [3.63, 3.8) is 0 Å². The summed E-state index contributed by atoms with van der Waals surface area (Å²) in [5.74, 6) is 1.68. The van der Waals surface area contributed by atoms with Crippen LogP contribution < -0.4 is 4.74 Å². The molecule has 0 fully saturated rings. The lowest BCUT2D eigenvalue weighted by Crippen LogP contribution is -1.88. The third kappa shape index (κ3) is 3.70. The summed E-state index contributed by atoms with van der Waals surface area (Å²) in [5, 5.41) is 11.0. The zero-order valence-electron chi connectivity index (χ0n) is 13.2. The van der Waals surface area contributed by atoms with Crippen LogP contribution in [0.5, 0.6) is 5.75 Å². The predicted octanol–water partition coefficient (Wildman–Crippen LogP) is 5.27. The minimum atomic E-state index is -0.497. The van der Waals surface area contributed by atoms with Gasteiger partial charge in [-0.05, 0) is 30.3 Å². The van der Waals surface area contributed by atoms with Crippen molar-refractivity contribution in [1.82, 2.24) is 0 Å². The molecule has 2 aromatic carbocycles. The Morgan fingerprint density at radius 1 is 1.20 bits per heavy atom. The van der Waals surface area contributed by atoms with Gasteiger partial charge < -0.3 is 9.15 Å². The Bertz CT molecular complexity index is 950. The molecular formula is C18H13ClN2O4. The molecular weight excluding hydrogens is 344 g/mol. The van der Waals surface area contributed by atoms with Gasteiger partial charge in [-0.3, -0.25) is 10.1 Å². The Balaban J connectivity index is 1.85. The molecule has 0 saturated carbocycles. The van der Waals surface area contributed by atoms with E-state index in [9.17, 15) is 10.1 Å². The lowest BCUT2D eigenvalue weighted by molar-refractivity contribution is -0.384. The molecule has 3 rings (SSSR count). The van der Waals surface area contributed by atoms with Crippen LogP contribution in [0, 0.1) is 10.1 Å². The molecule has 0 aliphatic heterocycles. The maximum Gasteiger partial charge on any atom is 0.270 e. The van der Waals surface area contributed by atoms with Crippen molar-refractivity contribution >= 4 is 29.2 Å². The summed E-state index contributed by atoms with van der Waals surface area (Å²) < 4.78 is 10.9. The highest BCUT2D eigenvalue weighted by atomic mass is 35.5. The number of nitro groups is 1. The van der Waals surface area contributed by atoms with Gasteiger partial charge in [-0.2, -0.15) is 0 Å². The second kappa shape index (κ2) is 7.19. The topological polar surface area (TPSA) is 77.9 Å². The number of halogens is 1. The highest BCUT2D eigenvalue weighted by molar-refractivity contribution is 6.33. The highest BCUT2D eigenvalue weighted by Crippen LogP contribution is 2.32. The lowest BCUT2D eigenvalue weighted by Gasteiger charge is -2.02. The van der Waals surface area contributed by atoms with E-state index in [0.717, 1.165) is 0 Å². The summed E-state index contributed by atoms with van der Waals surface area (Å²) in [6.45, 7) is 0. The minimum Gasteiger partial charge on any atom is -0.494 e. The number of non-ortho nitro benzene ring substituents is 1. The number of nitro benzene ring substituents is 1. The maximum absolute atomic E-state index is 10.8. The fourth-order valence-corrected chi connectivity index (χ4v) is 2.52. The number of aliphatic imine (C=N–C) groups is 1. The number of para-hydroxylation sites is 2. The zero-order chi connectivity index (χ0) is 17.8. The van der Waals surface area contributed by atoms with E-state index in [2.05, 4.69) is 4.99 Å². The van der Waals surface area contributed by atoms with Crippen LogP contribution in [0.25, 0.3) is 11.3 Å². The fourth-order valence-electron chi connectivity index (χ4n) is 2.25. The van der Waals surface area contributed by atoms with Gasteiger partial charge >= 0.3 is 0 Å². The number of hydrogen-bond acceptors (Lipinski definition) is 5. The van der Waals surface area contributed by atoms with Gasteiger partial charge in [-0.15, -0.1) is 0 Å². The average molecular weight is 357 g/mol. The van der Waals surface area contributed by atoms with Crippen LogP contribution in [0.1, 0.15) is 5.76 Å². The van der Waals surface area contributed by atoms with Crippen molar-refractivity contribution in [3.05, 3.63) is 75.5 Å². The van der Waals surface area contributed by atoms with E-state index in [-0.39, 0.29) is 10.7 Å². The number of hydrogen-bond donors (Lipinski definition) is 0. The molecule has 0 unspecified atom stereocenters. The van der Waals surface area contributed by atoms with Crippen molar-refractivity contribution < 1.29 is 14.1 Å². The lowest BCUT2D eigenvalue weighted by atomic mass is 10.1. The van der Waals surface area contributed by atoms with Crippen molar-refractivity contribution in [2.45, 2.75) is 0 Å². The van der Waals surface area contributed by atoms with Crippen molar-refractivity contribution in [2.75, 3.05) is 7.11 Å². The van der Waals surface area contributed by atoms with E-state index in [1.54, 1.807) is 31.5 Å². The standard InChI is InChI=1S/C18H13ClN2O4/c1-24-18-5-3-2-4-16(18)20-11-13-7-9-17(25-13)14-8-6-12(21(22)23)10-15(14)19/h2-11H,1H3. The van der Waals surface area contributed by atoms with Crippen LogP contribution >= 0.6 is 11.6 Å². The molecule has 3 aromatic rings. The minimum absolute atomic E-state index is 0.0711. The molecule has 0 saturated heterocycles. The summed E-state index contributed by atoms with van der Waals surface area (Å²) in [6.07, 6.45) is 1.57. The van der Waals surface area contributed by atoms with Gasteiger partial charge in [0.15, 0.2) is 0 Å². The molecule has 1 aromatic heterocycles. The smallest absolute Gasteiger partial charge is 0.270 e. The first-order valence-electron chi connectivity index (χ1n) is 7.29. The molecule has 0 N–H and O–H groups in total. The molecule has 0 aliphatic carbocycles. The van der Waals surface area contributed by atoms with Crippen LogP contribution in [0.4, 0.5) is 11.4 Å². The number of nitrogens with zero attached hydrogens (tertiary/aromatic N) is 2. The Morgan fingerprint density at radius 3 is 2.72 bits per heavy atom. The molecule has 25 heavy (non-hydrogen) atoms. The summed E-state index contributed by atoms with van der Waals surface area (Å²) in [7, 11) is 1.58. The SMILES string of the molecule is COc1ccccc1N=Cc1ccc(-c2ccc([N+](=O)[O-])cc2Cl)o1. The van der Waals surface area contributed by atoms with E-state index >= 15 is 0 Å². The maximum atomic E-state index is 10.8. The summed E-state index contributed by atoms with van der Waals surface area (Å²) in [6, 6.07) is 15.1. The molecule has 0 atom stereocenters. The van der Waals surface area contributed by atoms with E-state index in [4.69, 9.17) is 20.8 Å². The molecule has 0 amide bonds. The van der Waals surface area contributed by atoms with Crippen molar-refractivity contribution in [1.29, 1.82) is 0 Å². The number of rotatable bonds is 5. The first-order chi connectivity index (χ1) is 12.1.